The van der Waals surface area contributed by atoms with Crippen molar-refractivity contribution < 1.29 is 0 Å². The smallest absolute Gasteiger partial charge is 0.247 e. The Morgan fingerprint density at radius 1 is 1.04 bits per heavy atom. The second-order valence-corrected chi connectivity index (χ2v) is 6.36. The molecule has 0 saturated heterocycles. The zero-order valence-corrected chi connectivity index (χ0v) is 14.9. The molecule has 26 heavy (non-hydrogen) atoms. The number of para-hydroxylation sites is 2. The lowest BCUT2D eigenvalue weighted by atomic mass is 10.2. The van der Waals surface area contributed by atoms with E-state index in [0.29, 0.717) is 5.95 Å². The number of anilines is 1. The highest BCUT2D eigenvalue weighted by atomic mass is 15.6. The number of nitrogens with zero attached hydrogens (tertiary/aromatic N) is 6. The molecule has 0 unspecified atom stereocenters. The fraction of sp³-hybridized carbons (Fsp3) is 0.263. The first kappa shape index (κ1) is 16.3. The first-order valence-corrected chi connectivity index (χ1v) is 8.72. The Labute approximate surface area is 151 Å². The third-order valence-corrected chi connectivity index (χ3v) is 4.49. The zero-order valence-electron chi connectivity index (χ0n) is 14.9. The molecule has 0 amide bonds. The minimum Gasteiger partial charge on any atom is -0.353 e. The van der Waals surface area contributed by atoms with Crippen molar-refractivity contribution in [2.24, 2.45) is 7.05 Å². The second kappa shape index (κ2) is 6.95. The molecule has 0 saturated carbocycles. The van der Waals surface area contributed by atoms with Crippen LogP contribution in [0.15, 0.2) is 48.5 Å². The van der Waals surface area contributed by atoms with Gasteiger partial charge in [0.25, 0.3) is 0 Å². The highest BCUT2D eigenvalue weighted by Crippen LogP contribution is 2.16. The number of aromatic nitrogens is 6. The van der Waals surface area contributed by atoms with Gasteiger partial charge in [-0.3, -0.25) is 0 Å². The van der Waals surface area contributed by atoms with Crippen LogP contribution in [-0.4, -0.2) is 36.3 Å². The summed E-state index contributed by atoms with van der Waals surface area (Å²) < 4.78 is 3.88. The van der Waals surface area contributed by atoms with Gasteiger partial charge in [0, 0.05) is 20.0 Å². The van der Waals surface area contributed by atoms with E-state index in [1.165, 1.54) is 11.1 Å². The molecule has 2 aromatic carbocycles. The Balaban J connectivity index is 1.39. The molecule has 2 heterocycles. The van der Waals surface area contributed by atoms with E-state index in [4.69, 9.17) is 4.98 Å². The van der Waals surface area contributed by atoms with Gasteiger partial charge in [-0.1, -0.05) is 34.9 Å². The summed E-state index contributed by atoms with van der Waals surface area (Å²) in [5.41, 5.74) is 4.36. The van der Waals surface area contributed by atoms with Crippen molar-refractivity contribution in [2.75, 3.05) is 11.9 Å². The lowest BCUT2D eigenvalue weighted by Crippen LogP contribution is -2.10. The van der Waals surface area contributed by atoms with Crippen molar-refractivity contribution in [3.05, 3.63) is 59.9 Å². The number of nitrogens with one attached hydrogen (secondary N) is 1. The molecule has 7 nitrogen and oxygen atoms in total. The van der Waals surface area contributed by atoms with Crippen LogP contribution in [0.3, 0.4) is 0 Å². The van der Waals surface area contributed by atoms with Crippen LogP contribution >= 0.6 is 0 Å². The van der Waals surface area contributed by atoms with Gasteiger partial charge in [0.05, 0.1) is 16.7 Å². The van der Waals surface area contributed by atoms with Gasteiger partial charge >= 0.3 is 0 Å². The summed E-state index contributed by atoms with van der Waals surface area (Å²) in [7, 11) is 2.07. The van der Waals surface area contributed by atoms with Crippen molar-refractivity contribution in [1.29, 1.82) is 0 Å². The molecule has 4 aromatic rings. The SMILES string of the molecule is Cc1ccc(-n2nnnc2NCCCc2nc3ccccc3n2C)cc1. The van der Waals surface area contributed by atoms with Crippen LogP contribution in [0.1, 0.15) is 17.8 Å². The van der Waals surface area contributed by atoms with Gasteiger partial charge < -0.3 is 9.88 Å². The van der Waals surface area contributed by atoms with Gasteiger partial charge in [-0.2, -0.15) is 4.68 Å². The fourth-order valence-corrected chi connectivity index (χ4v) is 3.02. The van der Waals surface area contributed by atoms with Gasteiger partial charge in [0.2, 0.25) is 5.95 Å². The largest absolute Gasteiger partial charge is 0.353 e. The van der Waals surface area contributed by atoms with Crippen LogP contribution in [0.2, 0.25) is 0 Å². The summed E-state index contributed by atoms with van der Waals surface area (Å²) in [6.07, 6.45) is 1.84. The number of imidazole rings is 1. The Morgan fingerprint density at radius 2 is 1.85 bits per heavy atom. The summed E-state index contributed by atoms with van der Waals surface area (Å²) >= 11 is 0. The number of hydrogen-bond donors (Lipinski definition) is 1. The lowest BCUT2D eigenvalue weighted by Gasteiger charge is -2.07. The summed E-state index contributed by atoms with van der Waals surface area (Å²) in [6, 6.07) is 16.3. The average Bonchev–Trinajstić information content (AvgIpc) is 3.25. The molecule has 4 rings (SSSR count). The maximum atomic E-state index is 4.71. The molecule has 132 valence electrons. The summed E-state index contributed by atoms with van der Waals surface area (Å²) in [6.45, 7) is 2.83. The lowest BCUT2D eigenvalue weighted by molar-refractivity contribution is 0.746. The molecule has 0 fully saturated rings. The molecule has 0 aliphatic heterocycles. The van der Waals surface area contributed by atoms with E-state index in [1.807, 2.05) is 42.5 Å². The fourth-order valence-electron chi connectivity index (χ4n) is 3.02. The predicted molar refractivity (Wildman–Crippen MR) is 101 cm³/mol. The zero-order chi connectivity index (χ0) is 17.9. The molecule has 0 spiro atoms. The highest BCUT2D eigenvalue weighted by molar-refractivity contribution is 5.75. The summed E-state index contributed by atoms with van der Waals surface area (Å²) in [5, 5.41) is 15.3. The quantitative estimate of drug-likeness (QED) is 0.543. The Bertz CT molecular complexity index is 1010. The van der Waals surface area contributed by atoms with Gasteiger partial charge in [-0.25, -0.2) is 4.98 Å². The molecule has 0 aliphatic rings. The first-order valence-electron chi connectivity index (χ1n) is 8.72. The van der Waals surface area contributed by atoms with Crippen LogP contribution in [-0.2, 0) is 13.5 Å². The third-order valence-electron chi connectivity index (χ3n) is 4.49. The Hall–Kier alpha value is -3.22. The first-order chi connectivity index (χ1) is 12.7. The molecule has 0 atom stereocenters. The standard InChI is InChI=1S/C19H21N7/c1-14-9-11-15(12-10-14)26-19(22-23-24-26)20-13-5-8-18-21-16-6-3-4-7-17(16)25(18)2/h3-4,6-7,9-12H,5,8,13H2,1-2H3,(H,20,22,24). The highest BCUT2D eigenvalue weighted by Gasteiger charge is 2.09. The van der Waals surface area contributed by atoms with E-state index in [1.54, 1.807) is 4.68 Å². The maximum absolute atomic E-state index is 4.71. The third kappa shape index (κ3) is 3.15. The van der Waals surface area contributed by atoms with Crippen molar-refractivity contribution in [1.82, 2.24) is 29.8 Å². The molecule has 0 bridgehead atoms. The van der Waals surface area contributed by atoms with E-state index >= 15 is 0 Å². The monoisotopic (exact) mass is 347 g/mol. The molecular weight excluding hydrogens is 326 g/mol. The molecule has 2 aromatic heterocycles. The van der Waals surface area contributed by atoms with Gasteiger partial charge in [0.1, 0.15) is 5.82 Å². The Kier molecular flexibility index (Phi) is 4.35. The van der Waals surface area contributed by atoms with E-state index in [0.717, 1.165) is 36.4 Å². The second-order valence-electron chi connectivity index (χ2n) is 6.36. The van der Waals surface area contributed by atoms with E-state index in [-0.39, 0.29) is 0 Å². The number of tetrazole rings is 1. The van der Waals surface area contributed by atoms with Crippen LogP contribution in [0.5, 0.6) is 0 Å². The van der Waals surface area contributed by atoms with Crippen LogP contribution in [0.25, 0.3) is 16.7 Å². The van der Waals surface area contributed by atoms with E-state index in [9.17, 15) is 0 Å². The number of hydrogen-bond acceptors (Lipinski definition) is 5. The molecular formula is C19H21N7. The molecule has 0 radical (unpaired) electrons. The minimum absolute atomic E-state index is 0.652. The van der Waals surface area contributed by atoms with Crippen molar-refractivity contribution in [3.63, 3.8) is 0 Å². The van der Waals surface area contributed by atoms with Crippen molar-refractivity contribution in [2.45, 2.75) is 19.8 Å². The predicted octanol–water partition coefficient (Wildman–Crippen LogP) is 2.90. The number of fused-ring (bicyclic) bond motifs is 1. The van der Waals surface area contributed by atoms with Gasteiger partial charge in [-0.15, -0.1) is 0 Å². The molecule has 1 N–H and O–H groups in total. The van der Waals surface area contributed by atoms with E-state index < -0.39 is 0 Å². The maximum Gasteiger partial charge on any atom is 0.247 e. The number of benzene rings is 2. The van der Waals surface area contributed by atoms with Crippen LogP contribution in [0, 0.1) is 6.92 Å². The minimum atomic E-state index is 0.652. The number of aryl methyl sites for hydroxylation is 3. The summed E-state index contributed by atoms with van der Waals surface area (Å²) in [4.78, 5) is 4.71. The molecule has 7 heteroatoms. The van der Waals surface area contributed by atoms with Crippen molar-refractivity contribution in [3.8, 4) is 5.69 Å². The van der Waals surface area contributed by atoms with Gasteiger partial charge in [0.15, 0.2) is 0 Å². The van der Waals surface area contributed by atoms with Crippen LogP contribution < -0.4 is 5.32 Å². The topological polar surface area (TPSA) is 73.5 Å². The van der Waals surface area contributed by atoms with Crippen molar-refractivity contribution >= 4 is 17.0 Å². The number of rotatable bonds is 6. The van der Waals surface area contributed by atoms with Gasteiger partial charge in [-0.05, 0) is 48.0 Å². The normalized spacial score (nSPS) is 11.2. The summed E-state index contributed by atoms with van der Waals surface area (Å²) in [5.74, 6) is 1.74. The van der Waals surface area contributed by atoms with E-state index in [2.05, 4.69) is 45.4 Å². The Morgan fingerprint density at radius 3 is 2.65 bits per heavy atom. The average molecular weight is 347 g/mol. The van der Waals surface area contributed by atoms with Crippen LogP contribution in [0.4, 0.5) is 5.95 Å². The molecule has 0 aliphatic carbocycles.